The van der Waals surface area contributed by atoms with Crippen LogP contribution in [0, 0.1) is 11.3 Å². The number of rotatable bonds is 3. The molecule has 1 atom stereocenters. The maximum Gasteiger partial charge on any atom is 0.234 e. The van der Waals surface area contributed by atoms with Crippen molar-refractivity contribution in [1.82, 2.24) is 10.2 Å². The first-order chi connectivity index (χ1) is 9.95. The van der Waals surface area contributed by atoms with E-state index < -0.39 is 0 Å². The summed E-state index contributed by atoms with van der Waals surface area (Å²) in [5.74, 6) is 0.970. The summed E-state index contributed by atoms with van der Waals surface area (Å²) in [4.78, 5) is 14.5. The SMILES string of the molecule is CC(C)(C)[C@H]1CCCN(CC(=O)NC2CCOCC2)CC1. The van der Waals surface area contributed by atoms with Gasteiger partial charge in [0.2, 0.25) is 5.91 Å². The van der Waals surface area contributed by atoms with Gasteiger partial charge in [0, 0.05) is 19.3 Å². The maximum absolute atomic E-state index is 12.2. The van der Waals surface area contributed by atoms with Gasteiger partial charge in [-0.25, -0.2) is 0 Å². The average Bonchev–Trinajstić information content (AvgIpc) is 2.65. The Kier molecular flexibility index (Phi) is 6.06. The maximum atomic E-state index is 12.2. The van der Waals surface area contributed by atoms with Gasteiger partial charge >= 0.3 is 0 Å². The fourth-order valence-electron chi connectivity index (χ4n) is 3.50. The van der Waals surface area contributed by atoms with Crippen molar-refractivity contribution in [3.63, 3.8) is 0 Å². The van der Waals surface area contributed by atoms with Gasteiger partial charge in [0.1, 0.15) is 0 Å². The Morgan fingerprint density at radius 1 is 1.14 bits per heavy atom. The summed E-state index contributed by atoms with van der Waals surface area (Å²) in [6, 6.07) is 0.320. The molecule has 0 spiro atoms. The minimum absolute atomic E-state index is 0.191. The summed E-state index contributed by atoms with van der Waals surface area (Å²) in [5.41, 5.74) is 0.389. The molecule has 2 saturated heterocycles. The second-order valence-corrected chi connectivity index (χ2v) is 7.72. The van der Waals surface area contributed by atoms with Crippen LogP contribution in [0.1, 0.15) is 52.9 Å². The highest BCUT2D eigenvalue weighted by atomic mass is 16.5. The monoisotopic (exact) mass is 296 g/mol. The van der Waals surface area contributed by atoms with Crippen molar-refractivity contribution in [1.29, 1.82) is 0 Å². The third-order valence-electron chi connectivity index (χ3n) is 5.00. The van der Waals surface area contributed by atoms with Crippen molar-refractivity contribution in [2.45, 2.75) is 58.9 Å². The quantitative estimate of drug-likeness (QED) is 0.869. The topological polar surface area (TPSA) is 41.6 Å². The molecule has 4 heteroatoms. The number of carbonyl (C=O) groups is 1. The van der Waals surface area contributed by atoms with Crippen LogP contribution in [0.15, 0.2) is 0 Å². The Morgan fingerprint density at radius 3 is 2.52 bits per heavy atom. The van der Waals surface area contributed by atoms with Gasteiger partial charge in [-0.3, -0.25) is 9.69 Å². The van der Waals surface area contributed by atoms with Crippen LogP contribution in [0.25, 0.3) is 0 Å². The standard InChI is InChI=1S/C17H32N2O2/c1-17(2,3)14-5-4-9-19(10-6-14)13-16(20)18-15-7-11-21-12-8-15/h14-15H,4-13H2,1-3H3,(H,18,20)/t14-/m0/s1. The lowest BCUT2D eigenvalue weighted by molar-refractivity contribution is -0.123. The van der Waals surface area contributed by atoms with Crippen molar-refractivity contribution in [3.8, 4) is 0 Å². The van der Waals surface area contributed by atoms with Crippen molar-refractivity contribution >= 4 is 5.91 Å². The van der Waals surface area contributed by atoms with Gasteiger partial charge < -0.3 is 10.1 Å². The van der Waals surface area contributed by atoms with Crippen LogP contribution in [0.3, 0.4) is 0 Å². The number of hydrogen-bond donors (Lipinski definition) is 1. The van der Waals surface area contributed by atoms with Gasteiger partial charge in [0.15, 0.2) is 0 Å². The first-order valence-electron chi connectivity index (χ1n) is 8.54. The van der Waals surface area contributed by atoms with E-state index in [1.165, 1.54) is 19.3 Å². The number of amides is 1. The minimum Gasteiger partial charge on any atom is -0.381 e. The van der Waals surface area contributed by atoms with Crippen molar-refractivity contribution in [2.24, 2.45) is 11.3 Å². The molecule has 2 fully saturated rings. The number of likely N-dealkylation sites (tertiary alicyclic amines) is 1. The van der Waals surface area contributed by atoms with Crippen molar-refractivity contribution in [3.05, 3.63) is 0 Å². The van der Waals surface area contributed by atoms with E-state index in [4.69, 9.17) is 4.74 Å². The lowest BCUT2D eigenvalue weighted by atomic mass is 9.77. The molecule has 0 radical (unpaired) electrons. The zero-order valence-corrected chi connectivity index (χ0v) is 14.0. The molecule has 0 aromatic heterocycles. The van der Waals surface area contributed by atoms with Gasteiger partial charge in [-0.05, 0) is 56.5 Å². The molecule has 2 rings (SSSR count). The number of nitrogens with zero attached hydrogens (tertiary/aromatic N) is 1. The van der Waals surface area contributed by atoms with Crippen LogP contribution in [0.5, 0.6) is 0 Å². The molecule has 4 nitrogen and oxygen atoms in total. The summed E-state index contributed by atoms with van der Waals surface area (Å²) >= 11 is 0. The van der Waals surface area contributed by atoms with E-state index in [0.29, 0.717) is 18.0 Å². The second-order valence-electron chi connectivity index (χ2n) is 7.72. The largest absolute Gasteiger partial charge is 0.381 e. The van der Waals surface area contributed by atoms with Gasteiger partial charge in [0.05, 0.1) is 6.54 Å². The van der Waals surface area contributed by atoms with Crippen LogP contribution in [-0.4, -0.2) is 49.7 Å². The van der Waals surface area contributed by atoms with Crippen molar-refractivity contribution in [2.75, 3.05) is 32.8 Å². The third-order valence-corrected chi connectivity index (χ3v) is 5.00. The molecule has 0 aliphatic carbocycles. The zero-order valence-electron chi connectivity index (χ0n) is 14.0. The summed E-state index contributed by atoms with van der Waals surface area (Å²) < 4.78 is 5.33. The third kappa shape index (κ3) is 5.59. The summed E-state index contributed by atoms with van der Waals surface area (Å²) in [6.45, 7) is 11.3. The van der Waals surface area contributed by atoms with E-state index in [0.717, 1.165) is 45.1 Å². The van der Waals surface area contributed by atoms with E-state index >= 15 is 0 Å². The van der Waals surface area contributed by atoms with Gasteiger partial charge in [-0.1, -0.05) is 20.8 Å². The molecule has 21 heavy (non-hydrogen) atoms. The van der Waals surface area contributed by atoms with Crippen LogP contribution < -0.4 is 5.32 Å². The number of hydrogen-bond acceptors (Lipinski definition) is 3. The second kappa shape index (κ2) is 7.59. The lowest BCUT2D eigenvalue weighted by Gasteiger charge is -2.30. The molecule has 0 aromatic rings. The highest BCUT2D eigenvalue weighted by molar-refractivity contribution is 5.78. The van der Waals surface area contributed by atoms with Gasteiger partial charge in [0.25, 0.3) is 0 Å². The van der Waals surface area contributed by atoms with E-state index in [9.17, 15) is 4.79 Å². The lowest BCUT2D eigenvalue weighted by Crippen LogP contribution is -2.44. The van der Waals surface area contributed by atoms with Crippen LogP contribution in [0.4, 0.5) is 0 Å². The Morgan fingerprint density at radius 2 is 1.86 bits per heavy atom. The molecular formula is C17H32N2O2. The van der Waals surface area contributed by atoms with E-state index in [2.05, 4.69) is 31.0 Å². The van der Waals surface area contributed by atoms with E-state index in [1.807, 2.05) is 0 Å². The highest BCUT2D eigenvalue weighted by Gasteiger charge is 2.27. The molecule has 2 aliphatic heterocycles. The predicted octanol–water partition coefficient (Wildman–Crippen LogP) is 2.43. The number of nitrogens with one attached hydrogen (secondary N) is 1. The molecule has 122 valence electrons. The fraction of sp³-hybridized carbons (Fsp3) is 0.941. The number of carbonyl (C=O) groups excluding carboxylic acids is 1. The summed E-state index contributed by atoms with van der Waals surface area (Å²) in [6.07, 6.45) is 5.64. The Labute approximate surface area is 129 Å². The first kappa shape index (κ1) is 16.8. The van der Waals surface area contributed by atoms with Gasteiger partial charge in [-0.2, -0.15) is 0 Å². The Bertz CT molecular complexity index is 332. The Hall–Kier alpha value is -0.610. The van der Waals surface area contributed by atoms with Crippen molar-refractivity contribution < 1.29 is 9.53 Å². The molecule has 0 unspecified atom stereocenters. The Balaban J connectivity index is 1.73. The molecule has 1 amide bonds. The molecule has 0 bridgehead atoms. The highest BCUT2D eigenvalue weighted by Crippen LogP contribution is 2.34. The fourth-order valence-corrected chi connectivity index (χ4v) is 3.50. The summed E-state index contributed by atoms with van der Waals surface area (Å²) in [5, 5.41) is 3.17. The van der Waals surface area contributed by atoms with Gasteiger partial charge in [-0.15, -0.1) is 0 Å². The molecule has 2 heterocycles. The molecule has 0 saturated carbocycles. The smallest absolute Gasteiger partial charge is 0.234 e. The minimum atomic E-state index is 0.191. The number of ether oxygens (including phenoxy) is 1. The van der Waals surface area contributed by atoms with Crippen LogP contribution in [0.2, 0.25) is 0 Å². The zero-order chi connectivity index (χ0) is 15.3. The predicted molar refractivity (Wildman–Crippen MR) is 85.2 cm³/mol. The first-order valence-corrected chi connectivity index (χ1v) is 8.54. The normalized spacial score (nSPS) is 26.3. The molecular weight excluding hydrogens is 264 g/mol. The van der Waals surface area contributed by atoms with E-state index in [-0.39, 0.29) is 5.91 Å². The molecule has 2 aliphatic rings. The molecule has 0 aromatic carbocycles. The molecule has 1 N–H and O–H groups in total. The summed E-state index contributed by atoms with van der Waals surface area (Å²) in [7, 11) is 0. The van der Waals surface area contributed by atoms with Crippen LogP contribution >= 0.6 is 0 Å². The van der Waals surface area contributed by atoms with E-state index in [1.54, 1.807) is 0 Å². The van der Waals surface area contributed by atoms with Crippen LogP contribution in [-0.2, 0) is 9.53 Å². The average molecular weight is 296 g/mol.